The van der Waals surface area contributed by atoms with Crippen molar-refractivity contribution < 1.29 is 18.0 Å². The molecule has 0 spiro atoms. The molecule has 0 unspecified atom stereocenters. The lowest BCUT2D eigenvalue weighted by atomic mass is 10.3. The van der Waals surface area contributed by atoms with Gasteiger partial charge in [0.1, 0.15) is 11.4 Å². The minimum absolute atomic E-state index is 0.108. The molecule has 0 atom stereocenters. The second kappa shape index (κ2) is 4.11. The van der Waals surface area contributed by atoms with Gasteiger partial charge in [-0.15, -0.1) is 0 Å². The lowest BCUT2D eigenvalue weighted by molar-refractivity contribution is 0.0991. The number of amides is 1. The van der Waals surface area contributed by atoms with Crippen LogP contribution in [0.1, 0.15) is 22.6 Å². The fraction of sp³-hybridized carbons (Fsp3) is 0.143. The molecule has 0 aliphatic rings. The van der Waals surface area contributed by atoms with Gasteiger partial charge in [0.2, 0.25) is 0 Å². The van der Waals surface area contributed by atoms with E-state index in [1.807, 2.05) is 0 Å². The van der Waals surface area contributed by atoms with Gasteiger partial charge in [-0.25, -0.2) is 18.2 Å². The van der Waals surface area contributed by atoms with Crippen molar-refractivity contribution in [2.24, 2.45) is 5.73 Å². The van der Waals surface area contributed by atoms with Crippen molar-refractivity contribution >= 4 is 28.5 Å². The molecule has 1 rings (SSSR count). The van der Waals surface area contributed by atoms with Crippen molar-refractivity contribution in [3.8, 4) is 0 Å². The lowest BCUT2D eigenvalue weighted by Crippen LogP contribution is -2.17. The summed E-state index contributed by atoms with van der Waals surface area (Å²) in [6.45, 7) is 0. The largest absolute Gasteiger partial charge is 0.364 e. The van der Waals surface area contributed by atoms with Crippen molar-refractivity contribution in [2.75, 3.05) is 0 Å². The van der Waals surface area contributed by atoms with Crippen LogP contribution in [0.4, 0.5) is 13.2 Å². The summed E-state index contributed by atoms with van der Waals surface area (Å²) >= 11 is 1.59. The van der Waals surface area contributed by atoms with Crippen LogP contribution in [-0.2, 0) is 0 Å². The van der Waals surface area contributed by atoms with Gasteiger partial charge in [-0.3, -0.25) is 4.79 Å². The maximum absolute atomic E-state index is 12.8. The van der Waals surface area contributed by atoms with Gasteiger partial charge in [-0.1, -0.05) is 0 Å². The van der Waals surface area contributed by atoms with Crippen molar-refractivity contribution in [3.05, 3.63) is 26.8 Å². The Bertz CT molecular complexity index is 383. The molecule has 0 aliphatic carbocycles. The number of pyridine rings is 1. The van der Waals surface area contributed by atoms with Crippen molar-refractivity contribution in [2.45, 2.75) is 6.43 Å². The predicted molar refractivity (Wildman–Crippen MR) is 50.4 cm³/mol. The van der Waals surface area contributed by atoms with Gasteiger partial charge in [0.05, 0.1) is 0 Å². The second-order valence-corrected chi connectivity index (χ2v) is 3.51. The maximum atomic E-state index is 12.8. The van der Waals surface area contributed by atoms with Crippen molar-refractivity contribution in [3.63, 3.8) is 0 Å². The SMILES string of the molecule is NC(=O)c1nc(C(F)F)c(F)cc1I. The first-order valence-corrected chi connectivity index (χ1v) is 4.45. The predicted octanol–water partition coefficient (Wildman–Crippen LogP) is 1.86. The zero-order chi connectivity index (χ0) is 10.9. The molecule has 1 aromatic heterocycles. The molecule has 1 aromatic rings. The summed E-state index contributed by atoms with van der Waals surface area (Å²) in [7, 11) is 0. The minimum atomic E-state index is -3.06. The van der Waals surface area contributed by atoms with Crippen molar-refractivity contribution in [1.82, 2.24) is 4.98 Å². The molecule has 0 fully saturated rings. The number of halogens is 4. The molecule has 76 valence electrons. The average Bonchev–Trinajstić information content (AvgIpc) is 2.02. The summed E-state index contributed by atoms with van der Waals surface area (Å²) in [4.78, 5) is 13.9. The van der Waals surface area contributed by atoms with E-state index >= 15 is 0 Å². The molecule has 0 radical (unpaired) electrons. The Kier molecular flexibility index (Phi) is 3.29. The van der Waals surface area contributed by atoms with Crippen molar-refractivity contribution in [1.29, 1.82) is 0 Å². The van der Waals surface area contributed by atoms with E-state index in [1.165, 1.54) is 0 Å². The van der Waals surface area contributed by atoms with Gasteiger partial charge in [0.15, 0.2) is 5.82 Å². The fourth-order valence-electron chi connectivity index (χ4n) is 0.807. The maximum Gasteiger partial charge on any atom is 0.283 e. The quantitative estimate of drug-likeness (QED) is 0.847. The Morgan fingerprint density at radius 2 is 2.14 bits per heavy atom. The monoisotopic (exact) mass is 316 g/mol. The standard InChI is InChI=1S/C7H4F3IN2O/c8-2-1-3(11)5(7(12)14)13-4(2)6(9)10/h1,6H,(H2,12,14). The van der Waals surface area contributed by atoms with Gasteiger partial charge in [-0.05, 0) is 28.7 Å². The first-order valence-electron chi connectivity index (χ1n) is 3.37. The lowest BCUT2D eigenvalue weighted by Gasteiger charge is -2.04. The second-order valence-electron chi connectivity index (χ2n) is 2.35. The third-order valence-electron chi connectivity index (χ3n) is 1.40. The number of carbonyl (C=O) groups excluding carboxylic acids is 1. The van der Waals surface area contributed by atoms with Crippen LogP contribution in [0, 0.1) is 9.39 Å². The van der Waals surface area contributed by atoms with E-state index in [9.17, 15) is 18.0 Å². The van der Waals surface area contributed by atoms with Gasteiger partial charge in [0.25, 0.3) is 12.3 Å². The van der Waals surface area contributed by atoms with E-state index in [1.54, 1.807) is 22.6 Å². The van der Waals surface area contributed by atoms with Crippen LogP contribution in [0.15, 0.2) is 6.07 Å². The topological polar surface area (TPSA) is 56.0 Å². The van der Waals surface area contributed by atoms with E-state index in [0.29, 0.717) is 0 Å². The highest BCUT2D eigenvalue weighted by atomic mass is 127. The number of rotatable bonds is 2. The van der Waals surface area contributed by atoms with Gasteiger partial charge in [0, 0.05) is 3.57 Å². The first-order chi connectivity index (χ1) is 6.43. The normalized spacial score (nSPS) is 10.6. The fourth-order valence-corrected chi connectivity index (χ4v) is 1.47. The number of primary amides is 1. The van der Waals surface area contributed by atoms with Crippen LogP contribution in [0.2, 0.25) is 0 Å². The number of aromatic nitrogens is 1. The molecule has 0 saturated carbocycles. The zero-order valence-electron chi connectivity index (χ0n) is 6.60. The highest BCUT2D eigenvalue weighted by Crippen LogP contribution is 2.22. The molecule has 0 saturated heterocycles. The van der Waals surface area contributed by atoms with E-state index in [-0.39, 0.29) is 9.26 Å². The van der Waals surface area contributed by atoms with Gasteiger partial charge >= 0.3 is 0 Å². The highest BCUT2D eigenvalue weighted by molar-refractivity contribution is 14.1. The summed E-state index contributed by atoms with van der Waals surface area (Å²) in [5.41, 5.74) is 3.46. The molecule has 14 heavy (non-hydrogen) atoms. The molecule has 7 heteroatoms. The number of carbonyl (C=O) groups is 1. The van der Waals surface area contributed by atoms with Crippen LogP contribution in [0.3, 0.4) is 0 Å². The average molecular weight is 316 g/mol. The smallest absolute Gasteiger partial charge is 0.283 e. The first kappa shape index (κ1) is 11.2. The van der Waals surface area contributed by atoms with Crippen LogP contribution in [-0.4, -0.2) is 10.9 Å². The number of hydrogen-bond donors (Lipinski definition) is 1. The molecule has 3 nitrogen and oxygen atoms in total. The molecule has 2 N–H and O–H groups in total. The zero-order valence-corrected chi connectivity index (χ0v) is 8.76. The summed E-state index contributed by atoms with van der Waals surface area (Å²) in [6.07, 6.45) is -3.06. The summed E-state index contributed by atoms with van der Waals surface area (Å²) in [5.74, 6) is -2.11. The Balaban J connectivity index is 3.34. The van der Waals surface area contributed by atoms with Gasteiger partial charge in [-0.2, -0.15) is 0 Å². The Hall–Kier alpha value is -0.860. The Morgan fingerprint density at radius 3 is 2.57 bits per heavy atom. The summed E-state index contributed by atoms with van der Waals surface area (Å²) < 4.78 is 37.2. The molecule has 0 bridgehead atoms. The van der Waals surface area contributed by atoms with E-state index in [4.69, 9.17) is 5.73 Å². The molecule has 0 aromatic carbocycles. The van der Waals surface area contributed by atoms with Crippen LogP contribution >= 0.6 is 22.6 Å². The molecule has 1 amide bonds. The highest BCUT2D eigenvalue weighted by Gasteiger charge is 2.20. The van der Waals surface area contributed by atoms with Crippen LogP contribution < -0.4 is 5.73 Å². The summed E-state index contributed by atoms with van der Waals surface area (Å²) in [6, 6.07) is 0.801. The van der Waals surface area contributed by atoms with E-state index in [2.05, 4.69) is 4.98 Å². The Labute approximate surface area is 90.6 Å². The van der Waals surface area contributed by atoms with Crippen LogP contribution in [0.5, 0.6) is 0 Å². The molecular weight excluding hydrogens is 312 g/mol. The molecular formula is C7H4F3IN2O. The summed E-state index contributed by atoms with van der Waals surface area (Å²) in [5, 5.41) is 0. The minimum Gasteiger partial charge on any atom is -0.364 e. The van der Waals surface area contributed by atoms with Gasteiger partial charge < -0.3 is 5.73 Å². The third kappa shape index (κ3) is 2.14. The van der Waals surface area contributed by atoms with Crippen LogP contribution in [0.25, 0.3) is 0 Å². The number of nitrogens with zero attached hydrogens (tertiary/aromatic N) is 1. The number of nitrogens with two attached hydrogens (primary N) is 1. The molecule has 0 aliphatic heterocycles. The Morgan fingerprint density at radius 1 is 1.57 bits per heavy atom. The van der Waals surface area contributed by atoms with E-state index in [0.717, 1.165) is 6.07 Å². The third-order valence-corrected chi connectivity index (χ3v) is 2.22. The number of alkyl halides is 2. The number of hydrogen-bond acceptors (Lipinski definition) is 2. The molecule has 1 heterocycles. The van der Waals surface area contributed by atoms with E-state index < -0.39 is 23.8 Å².